The second kappa shape index (κ2) is 14.1. The SMILES string of the molecule is CC(C)C[C@H](N)C(=O)N[C@@H](Cc1ccccc1)C(=O)Oc1ccc(Cl)cc1C(=O)Nc1cc(C(F)(F)F)cc(C(F)(F)F)c1. The van der Waals surface area contributed by atoms with Crippen LogP contribution in [-0.2, 0) is 28.4 Å². The van der Waals surface area contributed by atoms with Crippen molar-refractivity contribution >= 4 is 35.1 Å². The average Bonchev–Trinajstić information content (AvgIpc) is 2.92. The van der Waals surface area contributed by atoms with Crippen molar-refractivity contribution in [1.29, 1.82) is 0 Å². The van der Waals surface area contributed by atoms with Gasteiger partial charge in [-0.15, -0.1) is 0 Å². The largest absolute Gasteiger partial charge is 0.424 e. The summed E-state index contributed by atoms with van der Waals surface area (Å²) in [5.74, 6) is -3.21. The molecule has 0 saturated carbocycles. The Morgan fingerprint density at radius 1 is 0.886 bits per heavy atom. The normalized spacial score (nSPS) is 13.2. The van der Waals surface area contributed by atoms with Crippen LogP contribution in [0.25, 0.3) is 0 Å². The lowest BCUT2D eigenvalue weighted by Crippen LogP contribution is -2.50. The number of benzene rings is 3. The van der Waals surface area contributed by atoms with Gasteiger partial charge in [0.25, 0.3) is 5.91 Å². The number of nitrogens with two attached hydrogens (primary N) is 1. The number of anilines is 1. The lowest BCUT2D eigenvalue weighted by molar-refractivity contribution is -0.143. The smallest absolute Gasteiger partial charge is 0.416 e. The van der Waals surface area contributed by atoms with Crippen molar-refractivity contribution < 1.29 is 45.5 Å². The Balaban J connectivity index is 1.92. The molecule has 3 aromatic carbocycles. The molecular formula is C30H28ClF6N3O4. The van der Waals surface area contributed by atoms with Crippen LogP contribution in [0.5, 0.6) is 5.75 Å². The molecule has 4 N–H and O–H groups in total. The number of esters is 1. The predicted octanol–water partition coefficient (Wildman–Crippen LogP) is 6.64. The average molecular weight is 644 g/mol. The van der Waals surface area contributed by atoms with Crippen molar-refractivity contribution in [2.24, 2.45) is 11.7 Å². The van der Waals surface area contributed by atoms with Gasteiger partial charge in [-0.05, 0) is 54.3 Å². The summed E-state index contributed by atoms with van der Waals surface area (Å²) in [5.41, 5.74) is 2.04. The first-order chi connectivity index (χ1) is 20.4. The molecule has 0 spiro atoms. The van der Waals surface area contributed by atoms with E-state index in [9.17, 15) is 40.7 Å². The molecule has 0 aliphatic rings. The van der Waals surface area contributed by atoms with Crippen LogP contribution >= 0.6 is 11.6 Å². The van der Waals surface area contributed by atoms with Crippen LogP contribution in [0.15, 0.2) is 66.7 Å². The Hall–Kier alpha value is -4.10. The highest BCUT2D eigenvalue weighted by Gasteiger charge is 2.37. The number of ether oxygens (including phenoxy) is 1. The first-order valence-corrected chi connectivity index (χ1v) is 13.5. The van der Waals surface area contributed by atoms with Crippen molar-refractivity contribution in [3.8, 4) is 5.75 Å². The fourth-order valence-electron chi connectivity index (χ4n) is 4.11. The third kappa shape index (κ3) is 9.71. The minimum absolute atomic E-state index is 0.0284. The van der Waals surface area contributed by atoms with Crippen LogP contribution in [0.1, 0.15) is 47.3 Å². The van der Waals surface area contributed by atoms with E-state index in [-0.39, 0.29) is 23.4 Å². The molecule has 0 saturated heterocycles. The van der Waals surface area contributed by atoms with Gasteiger partial charge in [0.15, 0.2) is 0 Å². The number of halogens is 7. The van der Waals surface area contributed by atoms with E-state index in [1.54, 1.807) is 30.3 Å². The summed E-state index contributed by atoms with van der Waals surface area (Å²) >= 11 is 6.00. The Bertz CT molecular complexity index is 1460. The molecular weight excluding hydrogens is 616 g/mol. The third-order valence-electron chi connectivity index (χ3n) is 6.19. The third-order valence-corrected chi connectivity index (χ3v) is 6.42. The highest BCUT2D eigenvalue weighted by atomic mass is 35.5. The molecule has 3 rings (SSSR count). The summed E-state index contributed by atoms with van der Waals surface area (Å²) in [5, 5.41) is 4.48. The summed E-state index contributed by atoms with van der Waals surface area (Å²) in [4.78, 5) is 39.2. The Labute approximate surface area is 253 Å². The Morgan fingerprint density at radius 3 is 2.02 bits per heavy atom. The zero-order valence-electron chi connectivity index (χ0n) is 23.4. The molecule has 0 unspecified atom stereocenters. The van der Waals surface area contributed by atoms with Crippen molar-refractivity contribution in [3.05, 3.63) is 94.0 Å². The molecule has 0 aliphatic heterocycles. The number of amides is 2. The number of hydrogen-bond donors (Lipinski definition) is 3. The van der Waals surface area contributed by atoms with Crippen LogP contribution in [-0.4, -0.2) is 29.9 Å². The molecule has 0 bridgehead atoms. The van der Waals surface area contributed by atoms with E-state index in [1.807, 2.05) is 19.2 Å². The lowest BCUT2D eigenvalue weighted by Gasteiger charge is -2.21. The van der Waals surface area contributed by atoms with Gasteiger partial charge in [0.2, 0.25) is 5.91 Å². The number of alkyl halides is 6. The number of hydrogen-bond acceptors (Lipinski definition) is 5. The summed E-state index contributed by atoms with van der Waals surface area (Å²) < 4.78 is 85.2. The molecule has 44 heavy (non-hydrogen) atoms. The molecule has 2 atom stereocenters. The maximum atomic E-state index is 13.3. The zero-order chi connectivity index (χ0) is 32.8. The molecule has 3 aromatic rings. The zero-order valence-corrected chi connectivity index (χ0v) is 24.1. The quantitative estimate of drug-likeness (QED) is 0.130. The molecule has 14 heteroatoms. The van der Waals surface area contributed by atoms with Gasteiger partial charge in [-0.3, -0.25) is 9.59 Å². The molecule has 0 heterocycles. The fraction of sp³-hybridized carbons (Fsp3) is 0.300. The monoisotopic (exact) mass is 643 g/mol. The second-order valence-electron chi connectivity index (χ2n) is 10.3. The van der Waals surface area contributed by atoms with Crippen LogP contribution in [0.4, 0.5) is 32.0 Å². The summed E-state index contributed by atoms with van der Waals surface area (Å²) in [6.45, 7) is 3.72. The topological polar surface area (TPSA) is 111 Å². The van der Waals surface area contributed by atoms with Gasteiger partial charge >= 0.3 is 18.3 Å². The number of nitrogens with one attached hydrogen (secondary N) is 2. The van der Waals surface area contributed by atoms with Crippen LogP contribution in [0, 0.1) is 5.92 Å². The van der Waals surface area contributed by atoms with Crippen LogP contribution < -0.4 is 21.1 Å². The summed E-state index contributed by atoms with van der Waals surface area (Å²) in [6, 6.07) is 10.3. The van der Waals surface area contributed by atoms with E-state index in [4.69, 9.17) is 22.1 Å². The van der Waals surface area contributed by atoms with E-state index in [0.29, 0.717) is 24.1 Å². The molecule has 236 valence electrons. The molecule has 0 aromatic heterocycles. The highest BCUT2D eigenvalue weighted by molar-refractivity contribution is 6.31. The summed E-state index contributed by atoms with van der Waals surface area (Å²) in [6.07, 6.45) is -9.99. The number of rotatable bonds is 10. The van der Waals surface area contributed by atoms with Gasteiger partial charge in [0.1, 0.15) is 11.8 Å². The van der Waals surface area contributed by atoms with E-state index in [2.05, 4.69) is 5.32 Å². The van der Waals surface area contributed by atoms with Gasteiger partial charge in [0, 0.05) is 17.1 Å². The fourth-order valence-corrected chi connectivity index (χ4v) is 4.28. The van der Waals surface area contributed by atoms with Crippen molar-refractivity contribution in [3.63, 3.8) is 0 Å². The minimum atomic E-state index is -5.15. The van der Waals surface area contributed by atoms with E-state index in [0.717, 1.165) is 12.1 Å². The van der Waals surface area contributed by atoms with Gasteiger partial charge in [-0.2, -0.15) is 26.3 Å². The lowest BCUT2D eigenvalue weighted by atomic mass is 10.0. The van der Waals surface area contributed by atoms with Crippen LogP contribution in [0.3, 0.4) is 0 Å². The second-order valence-corrected chi connectivity index (χ2v) is 10.7. The Kier molecular flexibility index (Phi) is 11.0. The standard InChI is InChI=1S/C30H28ClF6N3O4/c1-16(2)10-23(38)27(42)40-24(11-17-6-4-3-5-7-17)28(43)44-25-9-8-20(31)15-22(25)26(41)39-21-13-18(29(32,33)34)12-19(14-21)30(35,36)37/h3-9,12-16,23-24H,10-11,38H2,1-2H3,(H,39,41)(H,40,42)/t23-,24-/m0/s1. The molecule has 0 fully saturated rings. The van der Waals surface area contributed by atoms with E-state index in [1.165, 1.54) is 6.07 Å². The van der Waals surface area contributed by atoms with E-state index < -0.39 is 70.3 Å². The predicted molar refractivity (Wildman–Crippen MR) is 151 cm³/mol. The molecule has 0 aliphatic carbocycles. The van der Waals surface area contributed by atoms with Crippen molar-refractivity contribution in [2.45, 2.75) is 51.1 Å². The van der Waals surface area contributed by atoms with Crippen LogP contribution in [0.2, 0.25) is 5.02 Å². The minimum Gasteiger partial charge on any atom is -0.424 e. The molecule has 7 nitrogen and oxygen atoms in total. The summed E-state index contributed by atoms with van der Waals surface area (Å²) in [7, 11) is 0. The van der Waals surface area contributed by atoms with Gasteiger partial charge in [0.05, 0.1) is 22.7 Å². The number of carbonyl (C=O) groups excluding carboxylic acids is 3. The Morgan fingerprint density at radius 2 is 1.48 bits per heavy atom. The maximum absolute atomic E-state index is 13.3. The van der Waals surface area contributed by atoms with Crippen molar-refractivity contribution in [1.82, 2.24) is 5.32 Å². The van der Waals surface area contributed by atoms with Gasteiger partial charge < -0.3 is 21.1 Å². The first kappa shape index (κ1) is 34.4. The van der Waals surface area contributed by atoms with Crippen molar-refractivity contribution in [2.75, 3.05) is 5.32 Å². The highest BCUT2D eigenvalue weighted by Crippen LogP contribution is 2.38. The first-order valence-electron chi connectivity index (χ1n) is 13.2. The van der Waals surface area contributed by atoms with Gasteiger partial charge in [-0.25, -0.2) is 4.79 Å². The van der Waals surface area contributed by atoms with E-state index >= 15 is 0 Å². The molecule has 0 radical (unpaired) electrons. The maximum Gasteiger partial charge on any atom is 0.416 e. The number of carbonyl (C=O) groups is 3. The van der Waals surface area contributed by atoms with Gasteiger partial charge in [-0.1, -0.05) is 55.8 Å². The molecule has 2 amide bonds.